The summed E-state index contributed by atoms with van der Waals surface area (Å²) in [5.74, 6) is 0.293. The van der Waals surface area contributed by atoms with Gasteiger partial charge in [0.15, 0.2) is 0 Å². The van der Waals surface area contributed by atoms with Crippen molar-refractivity contribution in [2.24, 2.45) is 0 Å². The summed E-state index contributed by atoms with van der Waals surface area (Å²) in [6.45, 7) is 6.75. The predicted molar refractivity (Wildman–Crippen MR) is 112 cm³/mol. The van der Waals surface area contributed by atoms with Gasteiger partial charge in [0, 0.05) is 23.7 Å². The van der Waals surface area contributed by atoms with Crippen LogP contribution in [0.5, 0.6) is 0 Å². The summed E-state index contributed by atoms with van der Waals surface area (Å²) in [4.78, 5) is 4.29. The molecule has 3 aliphatic carbocycles. The minimum Gasteiger partial charge on any atom is -0.265 e. The summed E-state index contributed by atoms with van der Waals surface area (Å²) in [6, 6.07) is 13.2. The van der Waals surface area contributed by atoms with Crippen LogP contribution in [-0.4, -0.2) is 4.98 Å². The smallest absolute Gasteiger partial charge is 0.0498 e. The molecule has 1 heteroatoms. The number of rotatable bonds is 2. The molecule has 0 amide bonds. The largest absolute Gasteiger partial charge is 0.265 e. The molecule has 0 N–H and O–H groups in total. The molecule has 27 heavy (non-hydrogen) atoms. The van der Waals surface area contributed by atoms with Crippen LogP contribution >= 0.6 is 0 Å². The first kappa shape index (κ1) is 16.3. The van der Waals surface area contributed by atoms with Crippen molar-refractivity contribution in [3.05, 3.63) is 118 Å². The fraction of sp³-hybridized carbons (Fsp3) is 0.192. The summed E-state index contributed by atoms with van der Waals surface area (Å²) in [6.07, 6.45) is 15.5. The maximum atomic E-state index is 4.29. The molecule has 0 saturated heterocycles. The second-order valence-corrected chi connectivity index (χ2v) is 7.86. The highest BCUT2D eigenvalue weighted by Gasteiger charge is 2.48. The molecule has 5 rings (SSSR count). The van der Waals surface area contributed by atoms with Crippen molar-refractivity contribution < 1.29 is 0 Å². The van der Waals surface area contributed by atoms with E-state index in [-0.39, 0.29) is 5.41 Å². The Morgan fingerprint density at radius 1 is 0.926 bits per heavy atom. The maximum absolute atomic E-state index is 4.29. The monoisotopic (exact) mass is 349 g/mol. The predicted octanol–water partition coefficient (Wildman–Crippen LogP) is 6.29. The highest BCUT2D eigenvalue weighted by atomic mass is 14.6. The van der Waals surface area contributed by atoms with Gasteiger partial charge in [-0.25, -0.2) is 0 Å². The van der Waals surface area contributed by atoms with E-state index < -0.39 is 0 Å². The van der Waals surface area contributed by atoms with Gasteiger partial charge in [-0.1, -0.05) is 60.2 Å². The standard InChI is InChI=1S/C26H23N/c1-17-16-24-22(19(17)3)9-6-12-26(24,21-10-13-27-14-11-21)25-18(2)15-20-7-4-5-8-23(20)25/h4-16,25H,1-3H3/t25-,26?/m1/s1. The molecular formula is C26H23N. The number of allylic oxidation sites excluding steroid dienone is 9. The van der Waals surface area contributed by atoms with E-state index in [9.17, 15) is 0 Å². The summed E-state index contributed by atoms with van der Waals surface area (Å²) >= 11 is 0. The highest BCUT2D eigenvalue weighted by molar-refractivity contribution is 5.75. The Morgan fingerprint density at radius 3 is 2.52 bits per heavy atom. The molecule has 0 radical (unpaired) electrons. The number of benzene rings is 1. The molecule has 1 nitrogen and oxygen atoms in total. The Balaban J connectivity index is 1.81. The van der Waals surface area contributed by atoms with Crippen LogP contribution in [-0.2, 0) is 5.41 Å². The maximum Gasteiger partial charge on any atom is 0.0498 e. The van der Waals surface area contributed by atoms with Crippen molar-refractivity contribution in [1.82, 2.24) is 4.98 Å². The van der Waals surface area contributed by atoms with Crippen LogP contribution in [0, 0.1) is 0 Å². The van der Waals surface area contributed by atoms with E-state index in [1.807, 2.05) is 12.4 Å². The first-order chi connectivity index (χ1) is 13.1. The molecule has 2 aromatic rings. The van der Waals surface area contributed by atoms with Gasteiger partial charge in [0.25, 0.3) is 0 Å². The fourth-order valence-corrected chi connectivity index (χ4v) is 5.14. The lowest BCUT2D eigenvalue weighted by Gasteiger charge is -2.42. The number of hydrogen-bond donors (Lipinski definition) is 0. The van der Waals surface area contributed by atoms with E-state index in [1.165, 1.54) is 44.6 Å². The Morgan fingerprint density at radius 2 is 1.70 bits per heavy atom. The molecule has 0 fully saturated rings. The molecule has 0 spiro atoms. The normalized spacial score (nSPS) is 25.7. The van der Waals surface area contributed by atoms with Gasteiger partial charge in [-0.3, -0.25) is 4.98 Å². The highest BCUT2D eigenvalue weighted by Crippen LogP contribution is 2.58. The molecule has 1 aromatic carbocycles. The Bertz CT molecular complexity index is 1090. The topological polar surface area (TPSA) is 12.9 Å². The molecule has 1 unspecified atom stereocenters. The van der Waals surface area contributed by atoms with Crippen LogP contribution in [0.4, 0.5) is 0 Å². The second kappa shape index (κ2) is 5.79. The van der Waals surface area contributed by atoms with Gasteiger partial charge < -0.3 is 0 Å². The number of fused-ring (bicyclic) bond motifs is 2. The van der Waals surface area contributed by atoms with Crippen LogP contribution in [0.1, 0.15) is 43.4 Å². The van der Waals surface area contributed by atoms with Gasteiger partial charge in [-0.15, -0.1) is 0 Å². The number of hydrogen-bond acceptors (Lipinski definition) is 1. The van der Waals surface area contributed by atoms with Gasteiger partial charge in [-0.05, 0) is 71.9 Å². The summed E-state index contributed by atoms with van der Waals surface area (Å²) < 4.78 is 0. The van der Waals surface area contributed by atoms with E-state index in [2.05, 4.69) is 92.5 Å². The van der Waals surface area contributed by atoms with E-state index in [4.69, 9.17) is 0 Å². The quantitative estimate of drug-likeness (QED) is 0.620. The van der Waals surface area contributed by atoms with Crippen molar-refractivity contribution in [1.29, 1.82) is 0 Å². The van der Waals surface area contributed by atoms with Crippen LogP contribution in [0.3, 0.4) is 0 Å². The number of pyridine rings is 1. The zero-order valence-corrected chi connectivity index (χ0v) is 16.0. The average molecular weight is 349 g/mol. The van der Waals surface area contributed by atoms with Gasteiger partial charge in [0.05, 0.1) is 0 Å². The van der Waals surface area contributed by atoms with Gasteiger partial charge in [0.1, 0.15) is 0 Å². The van der Waals surface area contributed by atoms with E-state index in [1.54, 1.807) is 0 Å². The molecule has 0 aliphatic heterocycles. The van der Waals surface area contributed by atoms with Crippen molar-refractivity contribution in [2.75, 3.05) is 0 Å². The van der Waals surface area contributed by atoms with Crippen LogP contribution < -0.4 is 0 Å². The lowest BCUT2D eigenvalue weighted by molar-refractivity contribution is 0.548. The van der Waals surface area contributed by atoms with Gasteiger partial charge in [-0.2, -0.15) is 0 Å². The molecule has 0 bridgehead atoms. The Hall–Kier alpha value is -2.93. The molecule has 1 heterocycles. The van der Waals surface area contributed by atoms with Gasteiger partial charge in [0.2, 0.25) is 0 Å². The zero-order chi connectivity index (χ0) is 18.6. The third-order valence-corrected chi connectivity index (χ3v) is 6.47. The SMILES string of the molecule is CC1=Cc2ccccc2[C@@H]1C1(c2ccncc2)C=CC=C2C1=CC(C)=C2C. The van der Waals surface area contributed by atoms with Crippen LogP contribution in [0.2, 0.25) is 0 Å². The third-order valence-electron chi connectivity index (χ3n) is 6.47. The summed E-state index contributed by atoms with van der Waals surface area (Å²) in [5, 5.41) is 0. The number of aromatic nitrogens is 1. The first-order valence-corrected chi connectivity index (χ1v) is 9.60. The summed E-state index contributed by atoms with van der Waals surface area (Å²) in [5.41, 5.74) is 10.8. The zero-order valence-electron chi connectivity index (χ0n) is 16.0. The average Bonchev–Trinajstić information content (AvgIpc) is 3.19. The minimum absolute atomic E-state index is 0.209. The summed E-state index contributed by atoms with van der Waals surface area (Å²) in [7, 11) is 0. The van der Waals surface area contributed by atoms with E-state index >= 15 is 0 Å². The number of nitrogens with zero attached hydrogens (tertiary/aromatic N) is 1. The lowest BCUT2D eigenvalue weighted by atomic mass is 9.59. The van der Waals surface area contributed by atoms with E-state index in [0.29, 0.717) is 5.92 Å². The molecular weight excluding hydrogens is 326 g/mol. The lowest BCUT2D eigenvalue weighted by Crippen LogP contribution is -2.35. The molecule has 132 valence electrons. The molecule has 0 saturated carbocycles. The van der Waals surface area contributed by atoms with Crippen LogP contribution in [0.25, 0.3) is 6.08 Å². The third kappa shape index (κ3) is 2.15. The minimum atomic E-state index is -0.209. The van der Waals surface area contributed by atoms with Crippen molar-refractivity contribution in [3.63, 3.8) is 0 Å². The van der Waals surface area contributed by atoms with Crippen LogP contribution in [0.15, 0.2) is 101 Å². The second-order valence-electron chi connectivity index (χ2n) is 7.86. The van der Waals surface area contributed by atoms with E-state index in [0.717, 1.165) is 0 Å². The van der Waals surface area contributed by atoms with Crippen molar-refractivity contribution >= 4 is 6.08 Å². The molecule has 3 aliphatic rings. The Kier molecular flexibility index (Phi) is 3.48. The fourth-order valence-electron chi connectivity index (χ4n) is 5.14. The van der Waals surface area contributed by atoms with Crippen molar-refractivity contribution in [2.45, 2.75) is 32.1 Å². The van der Waals surface area contributed by atoms with Gasteiger partial charge >= 0.3 is 0 Å². The Labute approximate surface area is 161 Å². The first-order valence-electron chi connectivity index (χ1n) is 9.60. The molecule has 1 aromatic heterocycles. The molecule has 2 atom stereocenters. The van der Waals surface area contributed by atoms with Crippen molar-refractivity contribution in [3.8, 4) is 0 Å².